The third-order valence-corrected chi connectivity index (χ3v) is 3.98. The van der Waals surface area contributed by atoms with Gasteiger partial charge in [-0.3, -0.25) is 9.69 Å². The summed E-state index contributed by atoms with van der Waals surface area (Å²) in [4.78, 5) is 26.9. The molecule has 120 valence electrons. The minimum Gasteiger partial charge on any atom is -0.469 e. The number of hydrogen-bond acceptors (Lipinski definition) is 5. The van der Waals surface area contributed by atoms with Gasteiger partial charge >= 0.3 is 12.0 Å². The van der Waals surface area contributed by atoms with E-state index in [9.17, 15) is 9.59 Å². The van der Waals surface area contributed by atoms with E-state index >= 15 is 0 Å². The molecule has 0 aliphatic carbocycles. The van der Waals surface area contributed by atoms with Crippen LogP contribution in [-0.2, 0) is 14.3 Å². The van der Waals surface area contributed by atoms with Gasteiger partial charge in [0.15, 0.2) is 0 Å². The molecule has 0 aromatic carbocycles. The molecule has 0 aromatic rings. The second-order valence-corrected chi connectivity index (χ2v) is 5.48. The van der Waals surface area contributed by atoms with Crippen LogP contribution < -0.4 is 5.32 Å². The molecule has 2 rings (SSSR count). The van der Waals surface area contributed by atoms with E-state index in [0.717, 1.165) is 39.1 Å². The first-order valence-corrected chi connectivity index (χ1v) is 7.62. The molecule has 0 saturated carbocycles. The zero-order chi connectivity index (χ0) is 15.1. The molecule has 1 N–H and O–H groups in total. The predicted octanol–water partition coefficient (Wildman–Crippen LogP) is 0.0557. The number of esters is 1. The normalized spacial score (nSPS) is 21.9. The number of amides is 2. The summed E-state index contributed by atoms with van der Waals surface area (Å²) in [7, 11) is 1.40. The maximum atomic E-state index is 11.5. The van der Waals surface area contributed by atoms with E-state index in [-0.39, 0.29) is 18.1 Å². The maximum absolute atomic E-state index is 11.5. The van der Waals surface area contributed by atoms with Gasteiger partial charge in [0, 0.05) is 45.9 Å². The highest BCUT2D eigenvalue weighted by molar-refractivity contribution is 5.76. The Kier molecular flexibility index (Phi) is 6.25. The van der Waals surface area contributed by atoms with Gasteiger partial charge in [0.1, 0.15) is 0 Å². The molecule has 21 heavy (non-hydrogen) atoms. The number of urea groups is 1. The summed E-state index contributed by atoms with van der Waals surface area (Å²) in [5, 5.41) is 2.80. The number of nitrogens with zero attached hydrogens (tertiary/aromatic N) is 2. The van der Waals surface area contributed by atoms with Crippen LogP contribution in [0.1, 0.15) is 19.3 Å². The molecule has 0 spiro atoms. The van der Waals surface area contributed by atoms with E-state index in [4.69, 9.17) is 9.47 Å². The van der Waals surface area contributed by atoms with Crippen molar-refractivity contribution in [1.82, 2.24) is 15.1 Å². The second kappa shape index (κ2) is 8.19. The lowest BCUT2D eigenvalue weighted by molar-refractivity contribution is -0.141. The summed E-state index contributed by atoms with van der Waals surface area (Å²) in [6.45, 7) is 5.18. The molecule has 0 bridgehead atoms. The van der Waals surface area contributed by atoms with Crippen molar-refractivity contribution < 1.29 is 19.1 Å². The molecule has 1 atom stereocenters. The Morgan fingerprint density at radius 3 is 3.00 bits per heavy atom. The number of nitrogens with one attached hydrogen (secondary N) is 1. The van der Waals surface area contributed by atoms with Crippen molar-refractivity contribution in [3.63, 3.8) is 0 Å². The van der Waals surface area contributed by atoms with Crippen LogP contribution in [-0.4, -0.2) is 80.9 Å². The summed E-state index contributed by atoms with van der Waals surface area (Å²) in [5.74, 6) is -0.203. The molecule has 2 amide bonds. The number of carbonyl (C=O) groups excluding carboxylic acids is 2. The van der Waals surface area contributed by atoms with Gasteiger partial charge in [-0.2, -0.15) is 0 Å². The van der Waals surface area contributed by atoms with Crippen LogP contribution >= 0.6 is 0 Å². The molecule has 0 radical (unpaired) electrons. The second-order valence-electron chi connectivity index (χ2n) is 5.48. The quantitative estimate of drug-likeness (QED) is 0.642. The molecular weight excluding hydrogens is 274 g/mol. The summed E-state index contributed by atoms with van der Waals surface area (Å²) >= 11 is 0. The summed E-state index contributed by atoms with van der Waals surface area (Å²) in [5.41, 5.74) is 0. The van der Waals surface area contributed by atoms with Crippen LogP contribution in [0.4, 0.5) is 4.79 Å². The van der Waals surface area contributed by atoms with Gasteiger partial charge in [-0.1, -0.05) is 0 Å². The van der Waals surface area contributed by atoms with Gasteiger partial charge in [0.2, 0.25) is 0 Å². The molecular formula is C14H25N3O4. The SMILES string of the molecule is COC(=O)CCN(CCN1CCNC1=O)CC1CCCO1. The number of hydrogen-bond donors (Lipinski definition) is 1. The third kappa shape index (κ3) is 5.17. The number of ether oxygens (including phenoxy) is 2. The van der Waals surface area contributed by atoms with E-state index in [2.05, 4.69) is 10.2 Å². The minimum absolute atomic E-state index is 0.0000318. The van der Waals surface area contributed by atoms with E-state index in [1.165, 1.54) is 7.11 Å². The number of rotatable bonds is 8. The predicted molar refractivity (Wildman–Crippen MR) is 77.0 cm³/mol. The Labute approximate surface area is 125 Å². The van der Waals surface area contributed by atoms with Crippen molar-refractivity contribution >= 4 is 12.0 Å². The largest absolute Gasteiger partial charge is 0.469 e. The Bertz CT molecular complexity index is 358. The lowest BCUT2D eigenvalue weighted by Crippen LogP contribution is -2.41. The van der Waals surface area contributed by atoms with Crippen molar-refractivity contribution in [3.8, 4) is 0 Å². The highest BCUT2D eigenvalue weighted by Crippen LogP contribution is 2.13. The van der Waals surface area contributed by atoms with E-state index < -0.39 is 0 Å². The average Bonchev–Trinajstić information content (AvgIpc) is 3.13. The molecule has 0 aromatic heterocycles. The monoisotopic (exact) mass is 299 g/mol. The van der Waals surface area contributed by atoms with Crippen molar-refractivity contribution in [2.45, 2.75) is 25.4 Å². The average molecular weight is 299 g/mol. The zero-order valence-electron chi connectivity index (χ0n) is 12.7. The lowest BCUT2D eigenvalue weighted by atomic mass is 10.2. The van der Waals surface area contributed by atoms with Crippen LogP contribution in [0.5, 0.6) is 0 Å². The van der Waals surface area contributed by atoms with Gasteiger partial charge in [0.05, 0.1) is 19.6 Å². The first kappa shape index (κ1) is 16.0. The molecule has 1 unspecified atom stereocenters. The fourth-order valence-electron chi connectivity index (χ4n) is 2.71. The van der Waals surface area contributed by atoms with Gasteiger partial charge in [-0.25, -0.2) is 4.79 Å². The highest BCUT2D eigenvalue weighted by atomic mass is 16.5. The first-order chi connectivity index (χ1) is 10.2. The van der Waals surface area contributed by atoms with E-state index in [0.29, 0.717) is 26.1 Å². The van der Waals surface area contributed by atoms with E-state index in [1.54, 1.807) is 4.90 Å². The van der Waals surface area contributed by atoms with Crippen LogP contribution in [0.2, 0.25) is 0 Å². The van der Waals surface area contributed by atoms with Gasteiger partial charge in [0.25, 0.3) is 0 Å². The first-order valence-electron chi connectivity index (χ1n) is 7.62. The van der Waals surface area contributed by atoms with E-state index in [1.807, 2.05) is 0 Å². The molecule has 2 aliphatic heterocycles. The van der Waals surface area contributed by atoms with Crippen LogP contribution in [0.3, 0.4) is 0 Å². The molecule has 7 nitrogen and oxygen atoms in total. The summed E-state index contributed by atoms with van der Waals surface area (Å²) in [6, 6.07) is 0.0000318. The highest BCUT2D eigenvalue weighted by Gasteiger charge is 2.23. The van der Waals surface area contributed by atoms with Crippen LogP contribution in [0.25, 0.3) is 0 Å². The van der Waals surface area contributed by atoms with Crippen molar-refractivity contribution in [1.29, 1.82) is 0 Å². The van der Waals surface area contributed by atoms with Crippen molar-refractivity contribution in [2.75, 3.05) is 53.0 Å². The fraction of sp³-hybridized carbons (Fsp3) is 0.857. The molecule has 7 heteroatoms. The Balaban J connectivity index is 1.78. The van der Waals surface area contributed by atoms with Crippen LogP contribution in [0.15, 0.2) is 0 Å². The maximum Gasteiger partial charge on any atom is 0.317 e. The topological polar surface area (TPSA) is 71.1 Å². The summed E-state index contributed by atoms with van der Waals surface area (Å²) < 4.78 is 10.4. The Morgan fingerprint density at radius 1 is 1.52 bits per heavy atom. The van der Waals surface area contributed by atoms with Crippen LogP contribution in [0, 0.1) is 0 Å². The molecule has 2 saturated heterocycles. The zero-order valence-corrected chi connectivity index (χ0v) is 12.7. The Morgan fingerprint density at radius 2 is 2.38 bits per heavy atom. The smallest absolute Gasteiger partial charge is 0.317 e. The summed E-state index contributed by atoms with van der Waals surface area (Å²) in [6.07, 6.45) is 2.79. The lowest BCUT2D eigenvalue weighted by Gasteiger charge is -2.26. The number of carbonyl (C=O) groups is 2. The fourth-order valence-corrected chi connectivity index (χ4v) is 2.71. The minimum atomic E-state index is -0.203. The molecule has 2 heterocycles. The molecule has 2 aliphatic rings. The van der Waals surface area contributed by atoms with Gasteiger partial charge < -0.3 is 19.7 Å². The molecule has 2 fully saturated rings. The number of methoxy groups -OCH3 is 1. The van der Waals surface area contributed by atoms with Crippen molar-refractivity contribution in [2.24, 2.45) is 0 Å². The van der Waals surface area contributed by atoms with Gasteiger partial charge in [-0.15, -0.1) is 0 Å². The third-order valence-electron chi connectivity index (χ3n) is 3.98. The van der Waals surface area contributed by atoms with Gasteiger partial charge in [-0.05, 0) is 12.8 Å². The Hall–Kier alpha value is -1.34. The van der Waals surface area contributed by atoms with Crippen molar-refractivity contribution in [3.05, 3.63) is 0 Å². The standard InChI is InChI=1S/C14H25N3O4/c1-20-13(18)4-6-16(11-12-3-2-10-21-12)8-9-17-7-5-15-14(17)19/h12H,2-11H2,1H3,(H,15,19).